The van der Waals surface area contributed by atoms with Crippen molar-refractivity contribution in [1.82, 2.24) is 10.2 Å². The molecule has 1 aliphatic heterocycles. The number of hydrogen-bond acceptors (Lipinski definition) is 2. The van der Waals surface area contributed by atoms with Crippen LogP contribution in [-0.4, -0.2) is 41.8 Å². The number of carbonyl (C=O) groups excluding carboxylic acids is 2. The van der Waals surface area contributed by atoms with Crippen molar-refractivity contribution in [1.29, 1.82) is 0 Å². The third-order valence-electron chi connectivity index (χ3n) is 2.72. The maximum Gasteiger partial charge on any atom is 0.255 e. The van der Waals surface area contributed by atoms with Gasteiger partial charge in [-0.15, -0.1) is 0 Å². The number of amides is 2. The van der Waals surface area contributed by atoms with Crippen molar-refractivity contribution in [3.63, 3.8) is 0 Å². The number of hydrogen-bond donors (Lipinski definition) is 1. The minimum Gasteiger partial charge on any atom is -0.343 e. The van der Waals surface area contributed by atoms with Gasteiger partial charge in [-0.25, -0.2) is 8.78 Å². The summed E-state index contributed by atoms with van der Waals surface area (Å²) in [4.78, 5) is 24.5. The predicted octanol–water partition coefficient (Wildman–Crippen LogP) is 1.01. The van der Waals surface area contributed by atoms with E-state index >= 15 is 0 Å². The van der Waals surface area contributed by atoms with Crippen LogP contribution in [0, 0.1) is 5.92 Å². The normalized spacial score (nSPS) is 25.7. The summed E-state index contributed by atoms with van der Waals surface area (Å²) in [5, 5.41) is 2.51. The molecule has 2 unspecified atom stereocenters. The van der Waals surface area contributed by atoms with E-state index in [2.05, 4.69) is 5.32 Å². The molecule has 1 saturated heterocycles. The molecule has 1 heterocycles. The molecule has 0 radical (unpaired) electrons. The third kappa shape index (κ3) is 3.38. The summed E-state index contributed by atoms with van der Waals surface area (Å²) in [6, 6.07) is -1.49. The van der Waals surface area contributed by atoms with Crippen LogP contribution in [0.5, 0.6) is 0 Å². The van der Waals surface area contributed by atoms with Gasteiger partial charge < -0.3 is 10.2 Å². The Kier molecular flexibility index (Phi) is 4.42. The average Bonchev–Trinajstić information content (AvgIpc) is 2.19. The summed E-state index contributed by atoms with van der Waals surface area (Å²) in [7, 11) is 0. The van der Waals surface area contributed by atoms with Crippen molar-refractivity contribution in [2.24, 2.45) is 5.92 Å². The van der Waals surface area contributed by atoms with Gasteiger partial charge in [0.1, 0.15) is 12.1 Å². The van der Waals surface area contributed by atoms with E-state index < -0.39 is 31.0 Å². The Morgan fingerprint density at radius 2 is 1.94 bits per heavy atom. The Bertz CT molecular complexity index is 308. The number of nitrogens with zero attached hydrogens (tertiary/aromatic N) is 1. The predicted molar refractivity (Wildman–Crippen MR) is 58.6 cm³/mol. The van der Waals surface area contributed by atoms with Crippen molar-refractivity contribution in [3.8, 4) is 0 Å². The van der Waals surface area contributed by atoms with Gasteiger partial charge in [0.15, 0.2) is 0 Å². The summed E-state index contributed by atoms with van der Waals surface area (Å²) >= 11 is 0. The second-order valence-electron chi connectivity index (χ2n) is 4.76. The smallest absolute Gasteiger partial charge is 0.255 e. The second kappa shape index (κ2) is 5.42. The maximum absolute atomic E-state index is 12.4. The first-order valence-corrected chi connectivity index (χ1v) is 5.72. The standard InChI is InChI=1S/C11H18F2N2O2/c1-6(2)4-8-10(16)14-7(3)11(17)15(8)5-9(12)13/h6-9H,4-5H2,1-3H3,(H,14,16). The van der Waals surface area contributed by atoms with Gasteiger partial charge in [-0.2, -0.15) is 0 Å². The molecule has 2 amide bonds. The number of alkyl halides is 2. The van der Waals surface area contributed by atoms with Gasteiger partial charge in [0.25, 0.3) is 6.43 Å². The Morgan fingerprint density at radius 3 is 2.41 bits per heavy atom. The maximum atomic E-state index is 12.4. The van der Waals surface area contributed by atoms with E-state index in [1.807, 2.05) is 13.8 Å². The van der Waals surface area contributed by atoms with Crippen LogP contribution in [0.25, 0.3) is 0 Å². The molecule has 2 atom stereocenters. The molecule has 0 saturated carbocycles. The van der Waals surface area contributed by atoms with Gasteiger partial charge in [0.2, 0.25) is 11.8 Å². The lowest BCUT2D eigenvalue weighted by Gasteiger charge is -2.38. The molecule has 98 valence electrons. The van der Waals surface area contributed by atoms with Crippen LogP contribution in [-0.2, 0) is 9.59 Å². The molecular weight excluding hydrogens is 230 g/mol. The Morgan fingerprint density at radius 1 is 1.35 bits per heavy atom. The van der Waals surface area contributed by atoms with Crippen molar-refractivity contribution >= 4 is 11.8 Å². The summed E-state index contributed by atoms with van der Waals surface area (Å²) in [5.41, 5.74) is 0. The number of halogens is 2. The largest absolute Gasteiger partial charge is 0.343 e. The van der Waals surface area contributed by atoms with Crippen LogP contribution in [0.2, 0.25) is 0 Å². The zero-order valence-corrected chi connectivity index (χ0v) is 10.2. The molecule has 0 spiro atoms. The number of piperazine rings is 1. The van der Waals surface area contributed by atoms with Crippen molar-refractivity contribution < 1.29 is 18.4 Å². The highest BCUT2D eigenvalue weighted by Crippen LogP contribution is 2.18. The fourth-order valence-electron chi connectivity index (χ4n) is 1.96. The van der Waals surface area contributed by atoms with Gasteiger partial charge >= 0.3 is 0 Å². The lowest BCUT2D eigenvalue weighted by molar-refractivity contribution is -0.151. The first-order chi connectivity index (χ1) is 7.82. The zero-order chi connectivity index (χ0) is 13.2. The van der Waals surface area contributed by atoms with Gasteiger partial charge in [-0.1, -0.05) is 13.8 Å². The molecule has 1 aliphatic rings. The highest BCUT2D eigenvalue weighted by Gasteiger charge is 2.39. The Balaban J connectivity index is 2.87. The van der Waals surface area contributed by atoms with Crippen molar-refractivity contribution in [3.05, 3.63) is 0 Å². The monoisotopic (exact) mass is 248 g/mol. The van der Waals surface area contributed by atoms with E-state index in [1.54, 1.807) is 0 Å². The molecule has 0 aromatic rings. The quantitative estimate of drug-likeness (QED) is 0.807. The number of rotatable bonds is 4. The minimum atomic E-state index is -2.62. The Hall–Kier alpha value is -1.20. The van der Waals surface area contributed by atoms with Crippen molar-refractivity contribution in [2.45, 2.75) is 45.7 Å². The number of carbonyl (C=O) groups is 2. The molecule has 1 rings (SSSR count). The zero-order valence-electron chi connectivity index (χ0n) is 10.2. The third-order valence-corrected chi connectivity index (χ3v) is 2.72. The lowest BCUT2D eigenvalue weighted by Crippen LogP contribution is -2.63. The van der Waals surface area contributed by atoms with Crippen LogP contribution in [0.1, 0.15) is 27.2 Å². The Labute approximate surface area is 99.3 Å². The molecule has 0 aromatic carbocycles. The highest BCUT2D eigenvalue weighted by atomic mass is 19.3. The van der Waals surface area contributed by atoms with Gasteiger partial charge in [-0.05, 0) is 19.3 Å². The van der Waals surface area contributed by atoms with Gasteiger partial charge in [0.05, 0.1) is 6.54 Å². The summed E-state index contributed by atoms with van der Waals surface area (Å²) in [6.07, 6.45) is -2.22. The second-order valence-corrected chi connectivity index (χ2v) is 4.76. The topological polar surface area (TPSA) is 49.4 Å². The van der Waals surface area contributed by atoms with E-state index in [9.17, 15) is 18.4 Å². The molecule has 0 aromatic heterocycles. The molecule has 6 heteroatoms. The minimum absolute atomic E-state index is 0.159. The fraction of sp³-hybridized carbons (Fsp3) is 0.818. The van der Waals surface area contributed by atoms with E-state index in [0.717, 1.165) is 4.90 Å². The van der Waals surface area contributed by atoms with Gasteiger partial charge in [-0.3, -0.25) is 9.59 Å². The SMILES string of the molecule is CC(C)CC1C(=O)NC(C)C(=O)N1CC(F)F. The van der Waals surface area contributed by atoms with Crippen LogP contribution in [0.3, 0.4) is 0 Å². The van der Waals surface area contributed by atoms with Crippen molar-refractivity contribution in [2.75, 3.05) is 6.54 Å². The number of nitrogens with one attached hydrogen (secondary N) is 1. The lowest BCUT2D eigenvalue weighted by atomic mass is 9.98. The van der Waals surface area contributed by atoms with Gasteiger partial charge in [0, 0.05) is 0 Å². The van der Waals surface area contributed by atoms with Crippen LogP contribution < -0.4 is 5.32 Å². The molecular formula is C11H18F2N2O2. The summed E-state index contributed by atoms with van der Waals surface area (Å²) < 4.78 is 24.9. The highest BCUT2D eigenvalue weighted by molar-refractivity contribution is 5.96. The van der Waals surface area contributed by atoms with Crippen LogP contribution in [0.15, 0.2) is 0 Å². The molecule has 1 N–H and O–H groups in total. The molecule has 0 aliphatic carbocycles. The van der Waals surface area contributed by atoms with Crippen LogP contribution in [0.4, 0.5) is 8.78 Å². The van der Waals surface area contributed by atoms with E-state index in [4.69, 9.17) is 0 Å². The van der Waals surface area contributed by atoms with E-state index in [1.165, 1.54) is 6.92 Å². The first-order valence-electron chi connectivity index (χ1n) is 5.72. The van der Waals surface area contributed by atoms with Crippen LogP contribution >= 0.6 is 0 Å². The summed E-state index contributed by atoms with van der Waals surface area (Å²) in [6.45, 7) is 4.60. The summed E-state index contributed by atoms with van der Waals surface area (Å²) in [5.74, 6) is -0.617. The van der Waals surface area contributed by atoms with E-state index in [-0.39, 0.29) is 11.8 Å². The first kappa shape index (κ1) is 13.9. The fourth-order valence-corrected chi connectivity index (χ4v) is 1.96. The van der Waals surface area contributed by atoms with E-state index in [0.29, 0.717) is 6.42 Å². The molecule has 1 fully saturated rings. The average molecular weight is 248 g/mol. The molecule has 0 bridgehead atoms. The molecule has 17 heavy (non-hydrogen) atoms. The molecule has 4 nitrogen and oxygen atoms in total.